The van der Waals surface area contributed by atoms with Crippen LogP contribution in [0.5, 0.6) is 0 Å². The lowest BCUT2D eigenvalue weighted by atomic mass is 10.1. The van der Waals surface area contributed by atoms with Crippen LogP contribution in [0.25, 0.3) is 11.0 Å². The van der Waals surface area contributed by atoms with E-state index in [1.165, 1.54) is 0 Å². The molecule has 0 amide bonds. The molecular formula is C17H22N4O6. The summed E-state index contributed by atoms with van der Waals surface area (Å²) in [6, 6.07) is 0. The van der Waals surface area contributed by atoms with Crippen molar-refractivity contribution in [2.24, 2.45) is 0 Å². The van der Waals surface area contributed by atoms with Crippen LogP contribution in [0.3, 0.4) is 0 Å². The zero-order chi connectivity index (χ0) is 20.1. The van der Waals surface area contributed by atoms with Crippen molar-refractivity contribution in [3.8, 4) is 0 Å². The number of nitrogens with zero attached hydrogens (tertiary/aromatic N) is 3. The van der Waals surface area contributed by atoms with Gasteiger partial charge in [0.2, 0.25) is 5.95 Å². The van der Waals surface area contributed by atoms with Crippen molar-refractivity contribution in [3.63, 3.8) is 0 Å². The molecule has 0 aliphatic heterocycles. The number of imidazole rings is 1. The molecular weight excluding hydrogens is 356 g/mol. The lowest BCUT2D eigenvalue weighted by Crippen LogP contribution is -2.20. The lowest BCUT2D eigenvalue weighted by molar-refractivity contribution is 0.0470. The lowest BCUT2D eigenvalue weighted by Gasteiger charge is -2.10. The van der Waals surface area contributed by atoms with Gasteiger partial charge in [-0.15, -0.1) is 0 Å². The zero-order valence-corrected chi connectivity index (χ0v) is 15.9. The van der Waals surface area contributed by atoms with Gasteiger partial charge in [0.05, 0.1) is 19.8 Å². The van der Waals surface area contributed by atoms with E-state index >= 15 is 0 Å². The molecule has 0 radical (unpaired) electrons. The zero-order valence-electron chi connectivity index (χ0n) is 15.9. The summed E-state index contributed by atoms with van der Waals surface area (Å²) in [5, 5.41) is 0. The molecule has 0 unspecified atom stereocenters. The molecule has 2 rings (SSSR count). The number of pyridine rings is 1. The average Bonchev–Trinajstić information content (AvgIpc) is 3.06. The number of H-pyrrole nitrogens is 1. The Bertz CT molecular complexity index is 874. The van der Waals surface area contributed by atoms with Crippen molar-refractivity contribution < 1.29 is 28.6 Å². The van der Waals surface area contributed by atoms with E-state index in [9.17, 15) is 14.4 Å². The third-order valence-corrected chi connectivity index (χ3v) is 3.47. The predicted octanol–water partition coefficient (Wildman–Crippen LogP) is 1.55. The first kappa shape index (κ1) is 20.1. The molecule has 10 nitrogen and oxygen atoms in total. The molecule has 2 aromatic rings. The highest BCUT2D eigenvalue weighted by Crippen LogP contribution is 2.27. The minimum Gasteiger partial charge on any atom is -0.462 e. The van der Waals surface area contributed by atoms with Crippen LogP contribution in [0.4, 0.5) is 5.95 Å². The number of carbonyl (C=O) groups is 3. The Morgan fingerprint density at radius 2 is 1.37 bits per heavy atom. The van der Waals surface area contributed by atoms with Gasteiger partial charge in [0, 0.05) is 14.1 Å². The van der Waals surface area contributed by atoms with Gasteiger partial charge < -0.3 is 24.1 Å². The Morgan fingerprint density at radius 3 is 1.89 bits per heavy atom. The maximum Gasteiger partial charge on any atom is 0.359 e. The first-order valence-electron chi connectivity index (χ1n) is 8.47. The van der Waals surface area contributed by atoms with Crippen molar-refractivity contribution in [1.29, 1.82) is 0 Å². The van der Waals surface area contributed by atoms with Crippen molar-refractivity contribution >= 4 is 34.9 Å². The molecule has 0 spiro atoms. The summed E-state index contributed by atoms with van der Waals surface area (Å²) in [4.78, 5) is 50.3. The summed E-state index contributed by atoms with van der Waals surface area (Å²) in [7, 11) is 3.46. The second-order valence-corrected chi connectivity index (χ2v) is 5.52. The van der Waals surface area contributed by atoms with E-state index in [2.05, 4.69) is 15.0 Å². The molecule has 1 N–H and O–H groups in total. The maximum atomic E-state index is 12.5. The van der Waals surface area contributed by atoms with Gasteiger partial charge >= 0.3 is 17.9 Å². The Labute approximate surface area is 155 Å². The van der Waals surface area contributed by atoms with Crippen molar-refractivity contribution in [2.45, 2.75) is 20.8 Å². The molecule has 2 aromatic heterocycles. The molecule has 0 bridgehead atoms. The van der Waals surface area contributed by atoms with E-state index in [1.54, 1.807) is 39.8 Å². The number of aromatic nitrogens is 3. The highest BCUT2D eigenvalue weighted by molar-refractivity contribution is 6.14. The Balaban J connectivity index is 2.86. The second-order valence-electron chi connectivity index (χ2n) is 5.52. The number of rotatable bonds is 7. The minimum absolute atomic E-state index is 0.0685. The normalized spacial score (nSPS) is 10.6. The van der Waals surface area contributed by atoms with Gasteiger partial charge in [-0.05, 0) is 20.8 Å². The van der Waals surface area contributed by atoms with Gasteiger partial charge in [-0.2, -0.15) is 0 Å². The third kappa shape index (κ3) is 3.99. The molecule has 146 valence electrons. The standard InChI is InChI=1S/C17H22N4O6/c1-6-25-14(22)9-10-12(20-17(19-10)21(4)5)13(16(24)27-8-3)18-11(9)15(23)26-7-2/h6-8H2,1-5H3,(H,19,20). The number of hydrogen-bond acceptors (Lipinski definition) is 9. The molecule has 10 heteroatoms. The fourth-order valence-electron chi connectivity index (χ4n) is 2.35. The molecule has 0 fully saturated rings. The van der Waals surface area contributed by atoms with Gasteiger partial charge in [0.25, 0.3) is 0 Å². The number of fused-ring (bicyclic) bond motifs is 1. The van der Waals surface area contributed by atoms with Crippen molar-refractivity contribution in [1.82, 2.24) is 15.0 Å². The van der Waals surface area contributed by atoms with Crippen molar-refractivity contribution in [2.75, 3.05) is 38.8 Å². The minimum atomic E-state index is -0.859. The SMILES string of the molecule is CCOC(=O)c1nc(C(=O)OCC)c2[nH]c(N(C)C)nc2c1C(=O)OCC. The van der Waals surface area contributed by atoms with Crippen LogP contribution in [0.15, 0.2) is 0 Å². The summed E-state index contributed by atoms with van der Waals surface area (Å²) in [5.41, 5.74) is -0.416. The summed E-state index contributed by atoms with van der Waals surface area (Å²) < 4.78 is 15.1. The molecule has 0 aliphatic carbocycles. The van der Waals surface area contributed by atoms with Crippen LogP contribution in [0, 0.1) is 0 Å². The molecule has 0 atom stereocenters. The van der Waals surface area contributed by atoms with E-state index < -0.39 is 17.9 Å². The van der Waals surface area contributed by atoms with Crippen LogP contribution in [-0.4, -0.2) is 66.8 Å². The van der Waals surface area contributed by atoms with Crippen LogP contribution in [0.2, 0.25) is 0 Å². The highest BCUT2D eigenvalue weighted by atomic mass is 16.5. The van der Waals surface area contributed by atoms with E-state index in [-0.39, 0.29) is 47.8 Å². The Morgan fingerprint density at radius 1 is 0.852 bits per heavy atom. The van der Waals surface area contributed by atoms with E-state index in [0.717, 1.165) is 0 Å². The van der Waals surface area contributed by atoms with Gasteiger partial charge in [-0.25, -0.2) is 24.4 Å². The highest BCUT2D eigenvalue weighted by Gasteiger charge is 2.31. The molecule has 0 aromatic carbocycles. The topological polar surface area (TPSA) is 124 Å². The first-order chi connectivity index (χ1) is 12.8. The fraction of sp³-hybridized carbons (Fsp3) is 0.471. The van der Waals surface area contributed by atoms with Crippen LogP contribution in [0.1, 0.15) is 52.1 Å². The predicted molar refractivity (Wildman–Crippen MR) is 96.1 cm³/mol. The first-order valence-corrected chi connectivity index (χ1v) is 8.47. The molecule has 27 heavy (non-hydrogen) atoms. The second kappa shape index (κ2) is 8.47. The van der Waals surface area contributed by atoms with E-state index in [1.807, 2.05) is 0 Å². The number of anilines is 1. The summed E-state index contributed by atoms with van der Waals surface area (Å²) >= 11 is 0. The van der Waals surface area contributed by atoms with E-state index in [4.69, 9.17) is 14.2 Å². The number of esters is 3. The number of aromatic amines is 1. The van der Waals surface area contributed by atoms with Crippen LogP contribution in [-0.2, 0) is 14.2 Å². The quantitative estimate of drug-likeness (QED) is 0.564. The van der Waals surface area contributed by atoms with Gasteiger partial charge in [-0.1, -0.05) is 0 Å². The number of hydrogen-bond donors (Lipinski definition) is 1. The molecule has 0 saturated carbocycles. The van der Waals surface area contributed by atoms with Gasteiger partial charge in [0.1, 0.15) is 16.6 Å². The monoisotopic (exact) mass is 378 g/mol. The average molecular weight is 378 g/mol. The van der Waals surface area contributed by atoms with Gasteiger partial charge in [-0.3, -0.25) is 0 Å². The molecule has 0 aliphatic rings. The molecule has 0 saturated heterocycles. The summed E-state index contributed by atoms with van der Waals surface area (Å²) in [6.07, 6.45) is 0. The largest absolute Gasteiger partial charge is 0.462 e. The van der Waals surface area contributed by atoms with Crippen LogP contribution >= 0.6 is 0 Å². The number of carbonyl (C=O) groups excluding carboxylic acids is 3. The summed E-state index contributed by atoms with van der Waals surface area (Å²) in [6.45, 7) is 5.17. The van der Waals surface area contributed by atoms with Crippen molar-refractivity contribution in [3.05, 3.63) is 17.0 Å². The van der Waals surface area contributed by atoms with Gasteiger partial charge in [0.15, 0.2) is 11.4 Å². The Kier molecular flexibility index (Phi) is 6.32. The Hall–Kier alpha value is -3.17. The molecule has 2 heterocycles. The van der Waals surface area contributed by atoms with Crippen LogP contribution < -0.4 is 4.90 Å². The number of nitrogens with one attached hydrogen (secondary N) is 1. The van der Waals surface area contributed by atoms with E-state index in [0.29, 0.717) is 5.95 Å². The third-order valence-electron chi connectivity index (χ3n) is 3.47. The summed E-state index contributed by atoms with van der Waals surface area (Å²) in [5.74, 6) is -2.03. The smallest absolute Gasteiger partial charge is 0.359 e. The maximum absolute atomic E-state index is 12.5. The number of ether oxygens (including phenoxy) is 3. The fourth-order valence-corrected chi connectivity index (χ4v) is 2.35.